The van der Waals surface area contributed by atoms with E-state index in [0.717, 1.165) is 47.9 Å². The van der Waals surface area contributed by atoms with E-state index in [9.17, 15) is 4.79 Å². The maximum atomic E-state index is 13.3. The molecule has 5 heteroatoms. The van der Waals surface area contributed by atoms with Crippen molar-refractivity contribution in [1.29, 1.82) is 0 Å². The van der Waals surface area contributed by atoms with Gasteiger partial charge in [0.25, 0.3) is 5.91 Å². The molecule has 0 saturated heterocycles. The fourth-order valence-corrected chi connectivity index (χ4v) is 4.30. The maximum absolute atomic E-state index is 13.3. The van der Waals surface area contributed by atoms with Crippen LogP contribution in [-0.4, -0.2) is 59.3 Å². The number of hydrogen-bond donors (Lipinski definition) is 0. The first kappa shape index (κ1) is 20.4. The molecule has 0 unspecified atom stereocenters. The van der Waals surface area contributed by atoms with Gasteiger partial charge in [-0.2, -0.15) is 0 Å². The summed E-state index contributed by atoms with van der Waals surface area (Å²) in [7, 11) is 0. The Kier molecular flexibility index (Phi) is 6.00. The lowest BCUT2D eigenvalue weighted by Crippen LogP contribution is -2.54. The van der Waals surface area contributed by atoms with Gasteiger partial charge in [0.15, 0.2) is 0 Å². The van der Waals surface area contributed by atoms with Gasteiger partial charge in [-0.3, -0.25) is 19.6 Å². The summed E-state index contributed by atoms with van der Waals surface area (Å²) in [6, 6.07) is 10.5. The predicted octanol–water partition coefficient (Wildman–Crippen LogP) is 3.74. The smallest absolute Gasteiger partial charge is 0.259 e. The fourth-order valence-electron chi connectivity index (χ4n) is 4.30. The Morgan fingerprint density at radius 1 is 1.23 bits per heavy atom. The summed E-state index contributed by atoms with van der Waals surface area (Å²) in [4.78, 5) is 24.4. The van der Waals surface area contributed by atoms with E-state index in [1.165, 1.54) is 5.56 Å². The number of aliphatic imine (C=N–C) groups is 1. The molecular formula is C25H30N4O. The zero-order chi connectivity index (χ0) is 21.1. The SMILES string of the molecule is C=C(C)C(=CC=CC)CN1C2=NCCN2C(=O)C2=C1CCN(Cc1ccccc1)C2. The molecule has 0 aliphatic carbocycles. The van der Waals surface area contributed by atoms with Crippen LogP contribution in [0, 0.1) is 0 Å². The van der Waals surface area contributed by atoms with Crippen LogP contribution in [-0.2, 0) is 11.3 Å². The molecule has 1 aromatic rings. The van der Waals surface area contributed by atoms with E-state index in [0.29, 0.717) is 26.2 Å². The van der Waals surface area contributed by atoms with Crippen LogP contribution in [0.5, 0.6) is 0 Å². The van der Waals surface area contributed by atoms with Crippen molar-refractivity contribution in [3.8, 4) is 0 Å². The zero-order valence-electron chi connectivity index (χ0n) is 18.0. The van der Waals surface area contributed by atoms with Gasteiger partial charge in [-0.1, -0.05) is 60.7 Å². The Labute approximate surface area is 179 Å². The van der Waals surface area contributed by atoms with Gasteiger partial charge in [0, 0.05) is 38.3 Å². The zero-order valence-corrected chi connectivity index (χ0v) is 18.0. The molecule has 3 heterocycles. The first-order valence-electron chi connectivity index (χ1n) is 10.7. The van der Waals surface area contributed by atoms with Crippen molar-refractivity contribution in [2.45, 2.75) is 26.8 Å². The molecule has 30 heavy (non-hydrogen) atoms. The van der Waals surface area contributed by atoms with E-state index >= 15 is 0 Å². The summed E-state index contributed by atoms with van der Waals surface area (Å²) >= 11 is 0. The molecule has 3 aliphatic heterocycles. The normalized spacial score (nSPS) is 20.0. The van der Waals surface area contributed by atoms with E-state index in [-0.39, 0.29) is 5.91 Å². The van der Waals surface area contributed by atoms with Crippen molar-refractivity contribution in [1.82, 2.24) is 14.7 Å². The number of fused-ring (bicyclic) bond motifs is 1. The van der Waals surface area contributed by atoms with E-state index < -0.39 is 0 Å². The van der Waals surface area contributed by atoms with E-state index in [1.54, 1.807) is 0 Å². The molecule has 0 radical (unpaired) electrons. The third-order valence-corrected chi connectivity index (χ3v) is 5.90. The highest BCUT2D eigenvalue weighted by Gasteiger charge is 2.41. The minimum absolute atomic E-state index is 0.129. The van der Waals surface area contributed by atoms with Gasteiger partial charge in [-0.25, -0.2) is 0 Å². The highest BCUT2D eigenvalue weighted by atomic mass is 16.2. The molecule has 4 rings (SSSR count). The molecular weight excluding hydrogens is 372 g/mol. The van der Waals surface area contributed by atoms with Gasteiger partial charge >= 0.3 is 0 Å². The average Bonchev–Trinajstić information content (AvgIpc) is 3.24. The number of rotatable bonds is 6. The van der Waals surface area contributed by atoms with Crippen molar-refractivity contribution in [3.63, 3.8) is 0 Å². The van der Waals surface area contributed by atoms with Gasteiger partial charge in [-0.15, -0.1) is 0 Å². The van der Waals surface area contributed by atoms with Crippen LogP contribution in [0.25, 0.3) is 0 Å². The number of nitrogens with zero attached hydrogens (tertiary/aromatic N) is 4. The Bertz CT molecular complexity index is 955. The van der Waals surface area contributed by atoms with E-state index in [2.05, 4.69) is 51.7 Å². The molecule has 5 nitrogen and oxygen atoms in total. The van der Waals surface area contributed by atoms with Gasteiger partial charge in [0.1, 0.15) is 0 Å². The molecule has 1 amide bonds. The molecule has 1 aromatic carbocycles. The summed E-state index contributed by atoms with van der Waals surface area (Å²) in [6.07, 6.45) is 7.04. The van der Waals surface area contributed by atoms with Crippen molar-refractivity contribution >= 4 is 11.9 Å². The number of allylic oxidation sites excluding steroid dienone is 3. The Morgan fingerprint density at radius 2 is 2.03 bits per heavy atom. The summed E-state index contributed by atoms with van der Waals surface area (Å²) in [6.45, 7) is 12.7. The predicted molar refractivity (Wildman–Crippen MR) is 122 cm³/mol. The van der Waals surface area contributed by atoms with Crippen LogP contribution in [0.15, 0.2) is 82.5 Å². The van der Waals surface area contributed by atoms with Crippen molar-refractivity contribution in [2.24, 2.45) is 4.99 Å². The summed E-state index contributed by atoms with van der Waals surface area (Å²) in [5.41, 5.74) is 5.54. The van der Waals surface area contributed by atoms with Gasteiger partial charge in [-0.05, 0) is 25.0 Å². The lowest BCUT2D eigenvalue weighted by molar-refractivity contribution is -0.124. The molecule has 0 atom stereocenters. The minimum Gasteiger partial charge on any atom is -0.311 e. The molecule has 0 N–H and O–H groups in total. The average molecular weight is 403 g/mol. The molecule has 0 saturated carbocycles. The van der Waals surface area contributed by atoms with Crippen molar-refractivity contribution in [3.05, 3.63) is 83.1 Å². The molecule has 0 fully saturated rings. The first-order chi connectivity index (χ1) is 14.6. The number of amides is 1. The third-order valence-electron chi connectivity index (χ3n) is 5.90. The second-order valence-electron chi connectivity index (χ2n) is 8.09. The standard InChI is InChI=1S/C25H30N4O/c1-4-5-11-21(19(2)3)17-29-23-12-14-27(16-20-9-7-6-8-10-20)18-22(23)24(30)28-15-13-26-25(28)29/h4-11H,2,12-18H2,1,3H3. The number of hydrogen-bond acceptors (Lipinski definition) is 4. The van der Waals surface area contributed by atoms with Crippen LogP contribution in [0.3, 0.4) is 0 Å². The third kappa shape index (κ3) is 4.03. The summed E-state index contributed by atoms with van der Waals surface area (Å²) in [5.74, 6) is 0.937. The number of carbonyl (C=O) groups is 1. The second-order valence-corrected chi connectivity index (χ2v) is 8.09. The lowest BCUT2D eigenvalue weighted by Gasteiger charge is -2.42. The van der Waals surface area contributed by atoms with E-state index in [4.69, 9.17) is 0 Å². The van der Waals surface area contributed by atoms with Crippen LogP contribution in [0.1, 0.15) is 25.8 Å². The lowest BCUT2D eigenvalue weighted by atomic mass is 9.99. The number of guanidine groups is 1. The van der Waals surface area contributed by atoms with Crippen LogP contribution in [0.2, 0.25) is 0 Å². The first-order valence-corrected chi connectivity index (χ1v) is 10.7. The van der Waals surface area contributed by atoms with E-state index in [1.807, 2.05) is 37.0 Å². The number of carbonyl (C=O) groups excluding carboxylic acids is 1. The fraction of sp³-hybridized carbons (Fsp3) is 0.360. The quantitative estimate of drug-likeness (QED) is 0.681. The van der Waals surface area contributed by atoms with Crippen LogP contribution in [0.4, 0.5) is 0 Å². The largest absolute Gasteiger partial charge is 0.311 e. The number of benzene rings is 1. The molecule has 0 spiro atoms. The summed E-state index contributed by atoms with van der Waals surface area (Å²) in [5, 5.41) is 0. The minimum atomic E-state index is 0.129. The second kappa shape index (κ2) is 8.84. The monoisotopic (exact) mass is 402 g/mol. The molecule has 156 valence electrons. The summed E-state index contributed by atoms with van der Waals surface area (Å²) < 4.78 is 0. The van der Waals surface area contributed by atoms with Crippen molar-refractivity contribution < 1.29 is 4.79 Å². The molecule has 0 bridgehead atoms. The Hall–Kier alpha value is -2.92. The maximum Gasteiger partial charge on any atom is 0.259 e. The van der Waals surface area contributed by atoms with Gasteiger partial charge in [0.05, 0.1) is 18.7 Å². The highest BCUT2D eigenvalue weighted by molar-refractivity contribution is 6.10. The van der Waals surface area contributed by atoms with Crippen LogP contribution >= 0.6 is 0 Å². The van der Waals surface area contributed by atoms with Crippen molar-refractivity contribution in [2.75, 3.05) is 32.7 Å². The topological polar surface area (TPSA) is 39.1 Å². The van der Waals surface area contributed by atoms with Gasteiger partial charge < -0.3 is 4.90 Å². The van der Waals surface area contributed by atoms with Gasteiger partial charge in [0.2, 0.25) is 5.96 Å². The molecule has 3 aliphatic rings. The molecule has 0 aromatic heterocycles. The Morgan fingerprint density at radius 3 is 2.77 bits per heavy atom. The highest BCUT2D eigenvalue weighted by Crippen LogP contribution is 2.32. The van der Waals surface area contributed by atoms with Crippen LogP contribution < -0.4 is 0 Å². The Balaban J connectivity index is 1.63.